The van der Waals surface area contributed by atoms with Crippen molar-refractivity contribution in [3.8, 4) is 0 Å². The molecular formula is C11H22ClNO. The Balaban J connectivity index is 2.24. The molecule has 0 amide bonds. The van der Waals surface area contributed by atoms with E-state index in [1.807, 2.05) is 0 Å². The topological polar surface area (TPSA) is 12.5 Å². The average Bonchev–Trinajstić information content (AvgIpc) is 2.65. The Morgan fingerprint density at radius 1 is 1.21 bits per heavy atom. The summed E-state index contributed by atoms with van der Waals surface area (Å²) in [6.07, 6.45) is 2.61. The van der Waals surface area contributed by atoms with E-state index in [1.165, 1.54) is 25.9 Å². The van der Waals surface area contributed by atoms with Gasteiger partial charge in [0, 0.05) is 6.04 Å². The van der Waals surface area contributed by atoms with Crippen molar-refractivity contribution in [1.29, 1.82) is 0 Å². The Bertz CT molecular complexity index is 157. The van der Waals surface area contributed by atoms with Crippen LogP contribution in [0.3, 0.4) is 0 Å². The lowest BCUT2D eigenvalue weighted by molar-refractivity contribution is 0.0339. The third kappa shape index (κ3) is 3.76. The molecule has 14 heavy (non-hydrogen) atoms. The number of hydrogen-bond acceptors (Lipinski definition) is 2. The first-order valence-corrected chi connectivity index (χ1v) is 6.04. The van der Waals surface area contributed by atoms with Gasteiger partial charge in [-0.1, -0.05) is 25.4 Å². The van der Waals surface area contributed by atoms with Crippen molar-refractivity contribution in [2.75, 3.05) is 19.7 Å². The Morgan fingerprint density at radius 2 is 1.79 bits per heavy atom. The van der Waals surface area contributed by atoms with Crippen molar-refractivity contribution >= 4 is 11.6 Å². The van der Waals surface area contributed by atoms with Crippen LogP contribution in [-0.2, 0) is 4.74 Å². The van der Waals surface area contributed by atoms with Crippen molar-refractivity contribution < 1.29 is 4.74 Å². The number of alkyl halides is 1. The van der Waals surface area contributed by atoms with Gasteiger partial charge in [-0.3, -0.25) is 4.90 Å². The fourth-order valence-corrected chi connectivity index (χ4v) is 1.97. The molecule has 0 N–H and O–H groups in total. The summed E-state index contributed by atoms with van der Waals surface area (Å²) in [4.78, 5) is 2.41. The number of nitrogens with zero attached hydrogens (tertiary/aromatic N) is 1. The van der Waals surface area contributed by atoms with Crippen LogP contribution in [0.25, 0.3) is 0 Å². The van der Waals surface area contributed by atoms with E-state index in [0.29, 0.717) is 12.0 Å². The van der Waals surface area contributed by atoms with Crippen LogP contribution in [0.2, 0.25) is 0 Å². The van der Waals surface area contributed by atoms with Gasteiger partial charge in [-0.25, -0.2) is 0 Å². The van der Waals surface area contributed by atoms with Gasteiger partial charge in [-0.05, 0) is 38.8 Å². The fourth-order valence-electron chi connectivity index (χ4n) is 1.74. The monoisotopic (exact) mass is 219 g/mol. The predicted molar refractivity (Wildman–Crippen MR) is 60.7 cm³/mol. The van der Waals surface area contributed by atoms with Crippen molar-refractivity contribution in [2.45, 2.75) is 45.2 Å². The number of hydrogen-bond donors (Lipinski definition) is 0. The third-order valence-electron chi connectivity index (χ3n) is 2.68. The summed E-state index contributed by atoms with van der Waals surface area (Å²) in [6, 6.07) is 0.345. The molecule has 0 aliphatic carbocycles. The molecule has 1 saturated heterocycles. The minimum atomic E-state index is -0.157. The van der Waals surface area contributed by atoms with Crippen molar-refractivity contribution in [1.82, 2.24) is 4.90 Å². The van der Waals surface area contributed by atoms with Gasteiger partial charge in [0.05, 0.1) is 6.61 Å². The lowest BCUT2D eigenvalue weighted by Gasteiger charge is -2.28. The van der Waals surface area contributed by atoms with Crippen LogP contribution in [0.4, 0.5) is 0 Å². The van der Waals surface area contributed by atoms with E-state index in [0.717, 1.165) is 6.61 Å². The highest BCUT2D eigenvalue weighted by atomic mass is 35.5. The van der Waals surface area contributed by atoms with Gasteiger partial charge in [0.15, 0.2) is 0 Å². The first kappa shape index (κ1) is 12.3. The number of ether oxygens (including phenoxy) is 1. The average molecular weight is 220 g/mol. The van der Waals surface area contributed by atoms with Gasteiger partial charge < -0.3 is 4.74 Å². The zero-order valence-corrected chi connectivity index (χ0v) is 10.3. The highest BCUT2D eigenvalue weighted by Gasteiger charge is 2.24. The highest BCUT2D eigenvalue weighted by Crippen LogP contribution is 2.18. The molecule has 0 aromatic rings. The molecule has 1 heterocycles. The van der Waals surface area contributed by atoms with Crippen LogP contribution in [0.15, 0.2) is 0 Å². The Kier molecular flexibility index (Phi) is 5.21. The lowest BCUT2D eigenvalue weighted by Crippen LogP contribution is -2.38. The molecule has 2 unspecified atom stereocenters. The predicted octanol–water partition coefficient (Wildman–Crippen LogP) is 2.71. The van der Waals surface area contributed by atoms with Crippen LogP contribution < -0.4 is 0 Å². The molecule has 1 aliphatic heterocycles. The van der Waals surface area contributed by atoms with Crippen molar-refractivity contribution in [2.24, 2.45) is 5.92 Å². The van der Waals surface area contributed by atoms with Crippen molar-refractivity contribution in [3.63, 3.8) is 0 Å². The van der Waals surface area contributed by atoms with Crippen molar-refractivity contribution in [3.05, 3.63) is 0 Å². The molecule has 0 aromatic carbocycles. The number of rotatable bonds is 5. The molecule has 0 radical (unpaired) electrons. The molecule has 0 spiro atoms. The molecule has 84 valence electrons. The second-order valence-corrected chi connectivity index (χ2v) is 4.99. The maximum absolute atomic E-state index is 6.19. The SMILES string of the molecule is CC(C)COC(Cl)C(C)N1CCCC1. The van der Waals surface area contributed by atoms with Crippen LogP contribution in [0.1, 0.15) is 33.6 Å². The zero-order valence-electron chi connectivity index (χ0n) is 9.50. The van der Waals surface area contributed by atoms with E-state index >= 15 is 0 Å². The minimum absolute atomic E-state index is 0.157. The molecule has 1 aliphatic rings. The molecule has 1 fully saturated rings. The summed E-state index contributed by atoms with van der Waals surface area (Å²) in [5.74, 6) is 0.557. The largest absolute Gasteiger partial charge is 0.361 e. The molecule has 0 saturated carbocycles. The smallest absolute Gasteiger partial charge is 0.146 e. The standard InChI is InChI=1S/C11H22ClNO/c1-9(2)8-14-11(12)10(3)13-6-4-5-7-13/h9-11H,4-8H2,1-3H3. The summed E-state index contributed by atoms with van der Waals surface area (Å²) in [7, 11) is 0. The van der Waals surface area contributed by atoms with Crippen LogP contribution >= 0.6 is 11.6 Å². The van der Waals surface area contributed by atoms with Gasteiger partial charge in [0.2, 0.25) is 0 Å². The summed E-state index contributed by atoms with van der Waals surface area (Å²) in [6.45, 7) is 9.55. The maximum atomic E-state index is 6.19. The second-order valence-electron chi connectivity index (χ2n) is 4.56. The summed E-state index contributed by atoms with van der Waals surface area (Å²) < 4.78 is 5.60. The van der Waals surface area contributed by atoms with Gasteiger partial charge in [-0.2, -0.15) is 0 Å². The fraction of sp³-hybridized carbons (Fsp3) is 1.00. The first-order chi connectivity index (χ1) is 6.61. The van der Waals surface area contributed by atoms with E-state index in [2.05, 4.69) is 25.7 Å². The molecule has 0 bridgehead atoms. The van der Waals surface area contributed by atoms with Crippen LogP contribution in [0, 0.1) is 5.92 Å². The molecular weight excluding hydrogens is 198 g/mol. The molecule has 0 aromatic heterocycles. The zero-order chi connectivity index (χ0) is 10.6. The number of halogens is 1. The Morgan fingerprint density at radius 3 is 2.29 bits per heavy atom. The maximum Gasteiger partial charge on any atom is 0.146 e. The Labute approximate surface area is 92.6 Å². The molecule has 2 nitrogen and oxygen atoms in total. The van der Waals surface area contributed by atoms with E-state index in [1.54, 1.807) is 0 Å². The van der Waals surface area contributed by atoms with E-state index in [-0.39, 0.29) is 5.56 Å². The van der Waals surface area contributed by atoms with Gasteiger partial charge >= 0.3 is 0 Å². The number of likely N-dealkylation sites (tertiary alicyclic amines) is 1. The Hall–Kier alpha value is 0.210. The van der Waals surface area contributed by atoms with Gasteiger partial charge in [0.25, 0.3) is 0 Å². The third-order valence-corrected chi connectivity index (χ3v) is 3.18. The van der Waals surface area contributed by atoms with Gasteiger partial charge in [0.1, 0.15) is 5.56 Å². The lowest BCUT2D eigenvalue weighted by atomic mass is 10.2. The molecule has 1 rings (SSSR count). The van der Waals surface area contributed by atoms with Gasteiger partial charge in [-0.15, -0.1) is 0 Å². The molecule has 2 atom stereocenters. The summed E-state index contributed by atoms with van der Waals surface area (Å²) in [5.41, 5.74) is -0.157. The van der Waals surface area contributed by atoms with E-state index in [9.17, 15) is 0 Å². The minimum Gasteiger partial charge on any atom is -0.361 e. The quantitative estimate of drug-likeness (QED) is 0.660. The van der Waals surface area contributed by atoms with E-state index in [4.69, 9.17) is 16.3 Å². The van der Waals surface area contributed by atoms with E-state index < -0.39 is 0 Å². The normalized spacial score (nSPS) is 22.9. The van der Waals surface area contributed by atoms with Crippen LogP contribution in [-0.4, -0.2) is 36.2 Å². The van der Waals surface area contributed by atoms with Crippen LogP contribution in [0.5, 0.6) is 0 Å². The molecule has 3 heteroatoms. The highest BCUT2D eigenvalue weighted by molar-refractivity contribution is 6.20. The summed E-state index contributed by atoms with van der Waals surface area (Å²) in [5, 5.41) is 0. The first-order valence-electron chi connectivity index (χ1n) is 5.61. The second kappa shape index (κ2) is 5.94. The summed E-state index contributed by atoms with van der Waals surface area (Å²) >= 11 is 6.19.